The zero-order valence-electron chi connectivity index (χ0n) is 12.8. The number of hydrogen-bond acceptors (Lipinski definition) is 3. The Morgan fingerprint density at radius 2 is 1.74 bits per heavy atom. The first-order chi connectivity index (χ1) is 11.2. The highest BCUT2D eigenvalue weighted by atomic mass is 35.5. The van der Waals surface area contributed by atoms with Crippen LogP contribution < -0.4 is 9.47 Å². The number of halogens is 2. The number of nitrogens with zero attached hydrogens (tertiary/aromatic N) is 1. The third kappa shape index (κ3) is 4.60. The summed E-state index contributed by atoms with van der Waals surface area (Å²) in [4.78, 5) is 2.35. The van der Waals surface area contributed by atoms with Crippen molar-refractivity contribution in [1.82, 2.24) is 4.90 Å². The van der Waals surface area contributed by atoms with Gasteiger partial charge < -0.3 is 9.47 Å². The van der Waals surface area contributed by atoms with Crippen molar-refractivity contribution in [3.8, 4) is 17.2 Å². The Labute approximate surface area is 140 Å². The second-order valence-corrected chi connectivity index (χ2v) is 5.98. The zero-order valence-corrected chi connectivity index (χ0v) is 13.6. The van der Waals surface area contributed by atoms with Crippen LogP contribution in [0.3, 0.4) is 0 Å². The summed E-state index contributed by atoms with van der Waals surface area (Å²) in [6.07, 6.45) is 2.48. The Morgan fingerprint density at radius 3 is 2.48 bits per heavy atom. The van der Waals surface area contributed by atoms with Crippen molar-refractivity contribution in [2.75, 3.05) is 26.2 Å². The van der Waals surface area contributed by atoms with E-state index in [0.29, 0.717) is 28.9 Å². The van der Waals surface area contributed by atoms with Crippen molar-refractivity contribution < 1.29 is 13.9 Å². The maximum Gasteiger partial charge on any atom is 0.169 e. The second kappa shape index (κ2) is 7.66. The van der Waals surface area contributed by atoms with E-state index in [0.717, 1.165) is 19.6 Å². The molecule has 1 saturated heterocycles. The molecule has 0 aliphatic carbocycles. The van der Waals surface area contributed by atoms with Crippen LogP contribution in [0.4, 0.5) is 4.39 Å². The zero-order chi connectivity index (χ0) is 16.1. The molecule has 23 heavy (non-hydrogen) atoms. The van der Waals surface area contributed by atoms with E-state index in [9.17, 15) is 4.39 Å². The molecule has 1 aliphatic heterocycles. The standard InChI is InChI=1S/C18H19ClFNO2/c19-14-3-6-16(7-4-14)23-17-8-5-15(20)13-18(17)22-12-11-21-9-1-2-10-21/h3-8,13H,1-2,9-12H2. The molecule has 1 fully saturated rings. The molecule has 1 aliphatic rings. The fourth-order valence-corrected chi connectivity index (χ4v) is 2.73. The van der Waals surface area contributed by atoms with Crippen LogP contribution in [0.5, 0.6) is 17.2 Å². The molecule has 0 amide bonds. The number of rotatable bonds is 6. The van der Waals surface area contributed by atoms with Crippen LogP contribution in [0, 0.1) is 5.82 Å². The molecule has 2 aromatic rings. The minimum absolute atomic E-state index is 0.343. The Hall–Kier alpha value is -1.78. The largest absolute Gasteiger partial charge is 0.488 e. The average molecular weight is 336 g/mol. The molecule has 0 unspecified atom stereocenters. The molecule has 2 aromatic carbocycles. The lowest BCUT2D eigenvalue weighted by Crippen LogP contribution is -2.25. The van der Waals surface area contributed by atoms with Crippen LogP contribution >= 0.6 is 11.6 Å². The van der Waals surface area contributed by atoms with E-state index < -0.39 is 0 Å². The summed E-state index contributed by atoms with van der Waals surface area (Å²) >= 11 is 5.86. The van der Waals surface area contributed by atoms with Crippen LogP contribution in [-0.4, -0.2) is 31.1 Å². The fraction of sp³-hybridized carbons (Fsp3) is 0.333. The van der Waals surface area contributed by atoms with E-state index in [-0.39, 0.29) is 5.82 Å². The maximum absolute atomic E-state index is 13.5. The third-order valence-corrected chi connectivity index (χ3v) is 4.06. The number of likely N-dealkylation sites (tertiary alicyclic amines) is 1. The first-order valence-corrected chi connectivity index (χ1v) is 8.17. The van der Waals surface area contributed by atoms with Gasteiger partial charge in [-0.3, -0.25) is 4.90 Å². The second-order valence-electron chi connectivity index (χ2n) is 5.54. The molecule has 0 N–H and O–H groups in total. The van der Waals surface area contributed by atoms with E-state index in [1.165, 1.54) is 25.0 Å². The topological polar surface area (TPSA) is 21.7 Å². The van der Waals surface area contributed by atoms with Crippen LogP contribution in [-0.2, 0) is 0 Å². The Kier molecular flexibility index (Phi) is 5.36. The Morgan fingerprint density at radius 1 is 1.00 bits per heavy atom. The Balaban J connectivity index is 1.65. The molecule has 0 radical (unpaired) electrons. The van der Waals surface area contributed by atoms with Crippen molar-refractivity contribution in [3.05, 3.63) is 53.3 Å². The minimum Gasteiger partial charge on any atom is -0.488 e. The first kappa shape index (κ1) is 16.1. The lowest BCUT2D eigenvalue weighted by molar-refractivity contribution is 0.232. The SMILES string of the molecule is Fc1ccc(Oc2ccc(Cl)cc2)c(OCCN2CCCC2)c1. The summed E-state index contributed by atoms with van der Waals surface area (Å²) < 4.78 is 25.0. The highest BCUT2D eigenvalue weighted by Gasteiger charge is 2.13. The van der Waals surface area contributed by atoms with Crippen molar-refractivity contribution in [1.29, 1.82) is 0 Å². The van der Waals surface area contributed by atoms with Crippen molar-refractivity contribution in [2.24, 2.45) is 0 Å². The first-order valence-electron chi connectivity index (χ1n) is 7.79. The van der Waals surface area contributed by atoms with Gasteiger partial charge in [-0.15, -0.1) is 0 Å². The summed E-state index contributed by atoms with van der Waals surface area (Å²) in [5.41, 5.74) is 0. The van der Waals surface area contributed by atoms with Gasteiger partial charge in [-0.2, -0.15) is 0 Å². The lowest BCUT2D eigenvalue weighted by Gasteiger charge is -2.16. The molecule has 0 spiro atoms. The van der Waals surface area contributed by atoms with Gasteiger partial charge in [0.15, 0.2) is 11.5 Å². The number of ether oxygens (including phenoxy) is 2. The fourth-order valence-electron chi connectivity index (χ4n) is 2.60. The van der Waals surface area contributed by atoms with Crippen molar-refractivity contribution >= 4 is 11.6 Å². The van der Waals surface area contributed by atoms with Crippen LogP contribution in [0.2, 0.25) is 5.02 Å². The van der Waals surface area contributed by atoms with Gasteiger partial charge in [-0.1, -0.05) is 11.6 Å². The smallest absolute Gasteiger partial charge is 0.169 e. The highest BCUT2D eigenvalue weighted by molar-refractivity contribution is 6.30. The normalized spacial score (nSPS) is 14.9. The summed E-state index contributed by atoms with van der Waals surface area (Å²) in [5.74, 6) is 1.20. The van der Waals surface area contributed by atoms with E-state index in [4.69, 9.17) is 21.1 Å². The number of benzene rings is 2. The van der Waals surface area contributed by atoms with Crippen molar-refractivity contribution in [2.45, 2.75) is 12.8 Å². The summed E-state index contributed by atoms with van der Waals surface area (Å²) in [6.45, 7) is 3.58. The molecule has 3 rings (SSSR count). The van der Waals surface area contributed by atoms with Gasteiger partial charge in [-0.25, -0.2) is 4.39 Å². The molecule has 122 valence electrons. The third-order valence-electron chi connectivity index (χ3n) is 3.81. The molecular weight excluding hydrogens is 317 g/mol. The molecule has 5 heteroatoms. The quantitative estimate of drug-likeness (QED) is 0.760. The van der Waals surface area contributed by atoms with Crippen molar-refractivity contribution in [3.63, 3.8) is 0 Å². The van der Waals surface area contributed by atoms with Gasteiger partial charge in [0.25, 0.3) is 0 Å². The summed E-state index contributed by atoms with van der Waals surface area (Å²) in [6, 6.07) is 11.3. The van der Waals surface area contributed by atoms with Gasteiger partial charge in [0.1, 0.15) is 18.2 Å². The maximum atomic E-state index is 13.5. The monoisotopic (exact) mass is 335 g/mol. The molecule has 0 aromatic heterocycles. The minimum atomic E-state index is -0.343. The molecule has 1 heterocycles. The van der Waals surface area contributed by atoms with Crippen LogP contribution in [0.15, 0.2) is 42.5 Å². The predicted molar refractivity (Wildman–Crippen MR) is 89.1 cm³/mol. The molecular formula is C18H19ClFNO2. The molecule has 0 atom stereocenters. The van der Waals surface area contributed by atoms with Crippen LogP contribution in [0.25, 0.3) is 0 Å². The summed E-state index contributed by atoms with van der Waals surface area (Å²) in [7, 11) is 0. The van der Waals surface area contributed by atoms with E-state index in [1.54, 1.807) is 30.3 Å². The van der Waals surface area contributed by atoms with Gasteiger partial charge in [0.05, 0.1) is 0 Å². The Bertz CT molecular complexity index is 642. The van der Waals surface area contributed by atoms with E-state index >= 15 is 0 Å². The summed E-state index contributed by atoms with van der Waals surface area (Å²) in [5, 5.41) is 0.638. The average Bonchev–Trinajstić information content (AvgIpc) is 3.05. The van der Waals surface area contributed by atoms with Gasteiger partial charge in [0.2, 0.25) is 0 Å². The number of hydrogen-bond donors (Lipinski definition) is 0. The van der Waals surface area contributed by atoms with E-state index in [1.807, 2.05) is 0 Å². The van der Waals surface area contributed by atoms with Gasteiger partial charge in [0, 0.05) is 17.6 Å². The van der Waals surface area contributed by atoms with Crippen LogP contribution in [0.1, 0.15) is 12.8 Å². The molecule has 3 nitrogen and oxygen atoms in total. The predicted octanol–water partition coefficient (Wildman–Crippen LogP) is 4.75. The molecule has 0 saturated carbocycles. The van der Waals surface area contributed by atoms with E-state index in [2.05, 4.69) is 4.90 Å². The lowest BCUT2D eigenvalue weighted by atomic mass is 10.3. The molecule has 0 bridgehead atoms. The van der Waals surface area contributed by atoms with Gasteiger partial charge in [-0.05, 0) is 62.3 Å². The van der Waals surface area contributed by atoms with Gasteiger partial charge >= 0.3 is 0 Å². The highest BCUT2D eigenvalue weighted by Crippen LogP contribution is 2.32.